The Morgan fingerprint density at radius 3 is 2.82 bits per heavy atom. The standard InChI is InChI=1S/C12H23N3O2/c1-3-10(11(13)15-17)12(16)14-9-6-4-5-8(2)7-9/h8-10,17H,3-7H2,1-2H3,(H2,13,15)(H,14,16). The van der Waals surface area contributed by atoms with E-state index in [1.165, 1.54) is 6.42 Å². The zero-order valence-corrected chi connectivity index (χ0v) is 10.6. The van der Waals surface area contributed by atoms with Crippen LogP contribution in [-0.2, 0) is 4.79 Å². The van der Waals surface area contributed by atoms with Crippen LogP contribution >= 0.6 is 0 Å². The van der Waals surface area contributed by atoms with E-state index in [1.54, 1.807) is 0 Å². The molecule has 1 rings (SSSR count). The van der Waals surface area contributed by atoms with Crippen LogP contribution in [0.15, 0.2) is 5.16 Å². The van der Waals surface area contributed by atoms with Crippen LogP contribution in [0.1, 0.15) is 46.0 Å². The van der Waals surface area contributed by atoms with E-state index in [0.717, 1.165) is 19.3 Å². The number of carbonyl (C=O) groups excluding carboxylic acids is 1. The van der Waals surface area contributed by atoms with Gasteiger partial charge in [-0.15, -0.1) is 0 Å². The maximum Gasteiger partial charge on any atom is 0.231 e. The van der Waals surface area contributed by atoms with Gasteiger partial charge in [0.25, 0.3) is 0 Å². The third-order valence-corrected chi connectivity index (χ3v) is 3.48. The molecule has 0 bridgehead atoms. The van der Waals surface area contributed by atoms with Crippen molar-refractivity contribution < 1.29 is 10.0 Å². The zero-order chi connectivity index (χ0) is 12.8. The third kappa shape index (κ3) is 3.91. The van der Waals surface area contributed by atoms with Crippen molar-refractivity contribution in [3.05, 3.63) is 0 Å². The van der Waals surface area contributed by atoms with E-state index in [-0.39, 0.29) is 17.8 Å². The van der Waals surface area contributed by atoms with Crippen LogP contribution in [0.5, 0.6) is 0 Å². The first-order valence-electron chi connectivity index (χ1n) is 6.36. The summed E-state index contributed by atoms with van der Waals surface area (Å²) in [6, 6.07) is 0.242. The molecule has 0 heterocycles. The second kappa shape index (κ2) is 6.47. The van der Waals surface area contributed by atoms with E-state index in [9.17, 15) is 4.79 Å². The average Bonchev–Trinajstić information content (AvgIpc) is 2.29. The number of nitrogens with two attached hydrogens (primary N) is 1. The van der Waals surface area contributed by atoms with Gasteiger partial charge in [-0.05, 0) is 25.2 Å². The second-order valence-electron chi connectivity index (χ2n) is 4.96. The molecule has 0 aliphatic heterocycles. The maximum absolute atomic E-state index is 12.0. The van der Waals surface area contributed by atoms with Crippen molar-refractivity contribution in [1.82, 2.24) is 5.32 Å². The summed E-state index contributed by atoms with van der Waals surface area (Å²) in [4.78, 5) is 12.0. The number of amidine groups is 1. The summed E-state index contributed by atoms with van der Waals surface area (Å²) >= 11 is 0. The molecule has 98 valence electrons. The Labute approximate surface area is 102 Å². The van der Waals surface area contributed by atoms with Gasteiger partial charge in [0.1, 0.15) is 0 Å². The number of nitrogens with one attached hydrogen (secondary N) is 1. The highest BCUT2D eigenvalue weighted by molar-refractivity contribution is 6.02. The van der Waals surface area contributed by atoms with Crippen LogP contribution in [0.4, 0.5) is 0 Å². The van der Waals surface area contributed by atoms with E-state index >= 15 is 0 Å². The molecular formula is C12H23N3O2. The van der Waals surface area contributed by atoms with Gasteiger partial charge in [0, 0.05) is 6.04 Å². The lowest BCUT2D eigenvalue weighted by Crippen LogP contribution is -2.44. The molecule has 5 heteroatoms. The lowest BCUT2D eigenvalue weighted by atomic mass is 9.86. The quantitative estimate of drug-likeness (QED) is 0.301. The summed E-state index contributed by atoms with van der Waals surface area (Å²) in [5, 5.41) is 14.5. The summed E-state index contributed by atoms with van der Waals surface area (Å²) in [7, 11) is 0. The molecule has 3 atom stereocenters. The minimum atomic E-state index is -0.516. The summed E-state index contributed by atoms with van der Waals surface area (Å²) in [6.07, 6.45) is 5.00. The Morgan fingerprint density at radius 2 is 2.29 bits per heavy atom. The van der Waals surface area contributed by atoms with Crippen LogP contribution in [0.25, 0.3) is 0 Å². The molecule has 0 saturated heterocycles. The van der Waals surface area contributed by atoms with Gasteiger partial charge in [-0.25, -0.2) is 0 Å². The van der Waals surface area contributed by atoms with E-state index in [0.29, 0.717) is 12.3 Å². The van der Waals surface area contributed by atoms with Gasteiger partial charge in [0.15, 0.2) is 5.84 Å². The number of hydrogen-bond donors (Lipinski definition) is 3. The first-order valence-corrected chi connectivity index (χ1v) is 6.36. The van der Waals surface area contributed by atoms with Crippen molar-refractivity contribution in [2.75, 3.05) is 0 Å². The topological polar surface area (TPSA) is 87.7 Å². The van der Waals surface area contributed by atoms with Gasteiger partial charge < -0.3 is 16.3 Å². The van der Waals surface area contributed by atoms with E-state index in [1.807, 2.05) is 6.92 Å². The van der Waals surface area contributed by atoms with Crippen LogP contribution in [0, 0.1) is 11.8 Å². The molecule has 0 spiro atoms. The average molecular weight is 241 g/mol. The molecule has 5 nitrogen and oxygen atoms in total. The summed E-state index contributed by atoms with van der Waals surface area (Å²) in [6.45, 7) is 4.06. The van der Waals surface area contributed by atoms with Gasteiger partial charge in [-0.2, -0.15) is 0 Å². The molecular weight excluding hydrogens is 218 g/mol. The molecule has 1 fully saturated rings. The SMILES string of the molecule is CCC(C(=O)NC1CCCC(C)C1)C(N)=NO. The number of nitrogens with zero attached hydrogens (tertiary/aromatic N) is 1. The molecule has 1 aliphatic rings. The minimum Gasteiger partial charge on any atom is -0.409 e. The van der Waals surface area contributed by atoms with E-state index in [2.05, 4.69) is 17.4 Å². The first-order chi connectivity index (χ1) is 8.08. The highest BCUT2D eigenvalue weighted by Gasteiger charge is 2.26. The number of rotatable bonds is 4. The normalized spacial score (nSPS) is 27.5. The molecule has 3 unspecified atom stereocenters. The molecule has 17 heavy (non-hydrogen) atoms. The van der Waals surface area contributed by atoms with Crippen molar-refractivity contribution in [3.8, 4) is 0 Å². The van der Waals surface area contributed by atoms with Gasteiger partial charge in [-0.1, -0.05) is 31.8 Å². The predicted molar refractivity (Wildman–Crippen MR) is 66.8 cm³/mol. The molecule has 1 aliphatic carbocycles. The van der Waals surface area contributed by atoms with Crippen molar-refractivity contribution in [2.24, 2.45) is 22.7 Å². The summed E-state index contributed by atoms with van der Waals surface area (Å²) in [5.41, 5.74) is 5.50. The van der Waals surface area contributed by atoms with Crippen LogP contribution in [0.2, 0.25) is 0 Å². The zero-order valence-electron chi connectivity index (χ0n) is 10.6. The minimum absolute atomic E-state index is 0.00569. The fourth-order valence-corrected chi connectivity index (χ4v) is 2.47. The summed E-state index contributed by atoms with van der Waals surface area (Å²) in [5.74, 6) is 0.0194. The number of oxime groups is 1. The van der Waals surface area contributed by atoms with E-state index in [4.69, 9.17) is 10.9 Å². The molecule has 1 amide bonds. The lowest BCUT2D eigenvalue weighted by Gasteiger charge is -2.28. The van der Waals surface area contributed by atoms with Crippen molar-refractivity contribution in [2.45, 2.75) is 52.0 Å². The van der Waals surface area contributed by atoms with Gasteiger partial charge in [0.05, 0.1) is 5.92 Å². The molecule has 4 N–H and O–H groups in total. The number of carbonyl (C=O) groups is 1. The fraction of sp³-hybridized carbons (Fsp3) is 0.833. The van der Waals surface area contributed by atoms with Gasteiger partial charge in [-0.3, -0.25) is 4.79 Å². The fourth-order valence-electron chi connectivity index (χ4n) is 2.47. The Balaban J connectivity index is 2.52. The van der Waals surface area contributed by atoms with E-state index < -0.39 is 5.92 Å². The second-order valence-corrected chi connectivity index (χ2v) is 4.96. The van der Waals surface area contributed by atoms with Crippen LogP contribution < -0.4 is 11.1 Å². The number of hydrogen-bond acceptors (Lipinski definition) is 3. The van der Waals surface area contributed by atoms with Crippen LogP contribution in [0.3, 0.4) is 0 Å². The third-order valence-electron chi connectivity index (χ3n) is 3.48. The highest BCUT2D eigenvalue weighted by atomic mass is 16.4. The first kappa shape index (κ1) is 13.8. The van der Waals surface area contributed by atoms with Crippen molar-refractivity contribution >= 4 is 11.7 Å². The van der Waals surface area contributed by atoms with Crippen molar-refractivity contribution in [1.29, 1.82) is 0 Å². The Hall–Kier alpha value is -1.26. The Kier molecular flexibility index (Phi) is 5.25. The maximum atomic E-state index is 12.0. The van der Waals surface area contributed by atoms with Gasteiger partial charge >= 0.3 is 0 Å². The monoisotopic (exact) mass is 241 g/mol. The lowest BCUT2D eigenvalue weighted by molar-refractivity contribution is -0.124. The van der Waals surface area contributed by atoms with Crippen molar-refractivity contribution in [3.63, 3.8) is 0 Å². The molecule has 1 saturated carbocycles. The molecule has 0 radical (unpaired) electrons. The smallest absolute Gasteiger partial charge is 0.231 e. The Morgan fingerprint density at radius 1 is 1.59 bits per heavy atom. The summed E-state index contributed by atoms with van der Waals surface area (Å²) < 4.78 is 0. The van der Waals surface area contributed by atoms with Gasteiger partial charge in [0.2, 0.25) is 5.91 Å². The predicted octanol–water partition coefficient (Wildman–Crippen LogP) is 1.45. The molecule has 0 aromatic heterocycles. The van der Waals surface area contributed by atoms with Crippen LogP contribution in [-0.4, -0.2) is 23.0 Å². The number of amides is 1. The highest BCUT2D eigenvalue weighted by Crippen LogP contribution is 2.23. The molecule has 0 aromatic rings. The Bertz CT molecular complexity index is 291. The molecule has 0 aromatic carbocycles. The largest absolute Gasteiger partial charge is 0.409 e.